The number of halogens is 1. The first-order valence-corrected chi connectivity index (χ1v) is 12.7. The van der Waals surface area contributed by atoms with E-state index in [2.05, 4.69) is 6.92 Å². The van der Waals surface area contributed by atoms with Crippen LogP contribution in [0.5, 0.6) is 0 Å². The van der Waals surface area contributed by atoms with Crippen LogP contribution in [0.2, 0.25) is 0 Å². The number of aromatic nitrogens is 2. The number of hydrogen-bond acceptors (Lipinski definition) is 4. The summed E-state index contributed by atoms with van der Waals surface area (Å²) < 4.78 is 21.3. The van der Waals surface area contributed by atoms with Crippen LogP contribution in [0.25, 0.3) is 16.6 Å². The molecule has 1 amide bonds. The molecule has 0 aliphatic heterocycles. The second-order valence-electron chi connectivity index (χ2n) is 9.09. The number of aryl methyl sites for hydroxylation is 1. The van der Waals surface area contributed by atoms with Gasteiger partial charge in [0.25, 0.3) is 11.5 Å². The van der Waals surface area contributed by atoms with E-state index in [1.807, 2.05) is 43.3 Å². The zero-order valence-electron chi connectivity index (χ0n) is 21.3. The molecule has 0 fully saturated rings. The van der Waals surface area contributed by atoms with Crippen LogP contribution in [0.1, 0.15) is 53.8 Å². The molecule has 0 aliphatic rings. The van der Waals surface area contributed by atoms with Gasteiger partial charge in [0.15, 0.2) is 0 Å². The summed E-state index contributed by atoms with van der Waals surface area (Å²) in [6.07, 6.45) is 2.87. The Bertz CT molecular complexity index is 1630. The summed E-state index contributed by atoms with van der Waals surface area (Å²) in [5.74, 6) is 0.105. The highest BCUT2D eigenvalue weighted by atomic mass is 19.1. The van der Waals surface area contributed by atoms with Gasteiger partial charge in [0, 0.05) is 5.56 Å². The van der Waals surface area contributed by atoms with Gasteiger partial charge in [0.1, 0.15) is 17.4 Å². The first-order valence-electron chi connectivity index (χ1n) is 12.7. The van der Waals surface area contributed by atoms with Gasteiger partial charge >= 0.3 is 0 Å². The van der Waals surface area contributed by atoms with E-state index >= 15 is 0 Å². The number of para-hydroxylation sites is 1. The number of furan rings is 1. The second kappa shape index (κ2) is 10.8. The van der Waals surface area contributed by atoms with Crippen molar-refractivity contribution in [3.8, 4) is 5.69 Å². The van der Waals surface area contributed by atoms with Crippen LogP contribution in [-0.2, 0) is 13.0 Å². The summed E-state index contributed by atoms with van der Waals surface area (Å²) in [5.41, 5.74) is 2.34. The molecule has 0 aliphatic carbocycles. The predicted molar refractivity (Wildman–Crippen MR) is 145 cm³/mol. The quantitative estimate of drug-likeness (QED) is 0.240. The van der Waals surface area contributed by atoms with Crippen molar-refractivity contribution in [3.63, 3.8) is 0 Å². The largest absolute Gasteiger partial charge is 0.467 e. The molecule has 38 heavy (non-hydrogen) atoms. The number of carbonyl (C=O) groups is 1. The Kier molecular flexibility index (Phi) is 7.18. The first kappa shape index (κ1) is 25.1. The molecule has 5 rings (SSSR count). The number of carbonyl (C=O) groups excluding carboxylic acids is 1. The van der Waals surface area contributed by atoms with Crippen molar-refractivity contribution >= 4 is 16.8 Å². The van der Waals surface area contributed by atoms with E-state index in [4.69, 9.17) is 9.40 Å². The maximum atomic E-state index is 14.1. The third-order valence-electron chi connectivity index (χ3n) is 6.70. The molecule has 3 aromatic carbocycles. The summed E-state index contributed by atoms with van der Waals surface area (Å²) in [5, 5.41) is 0.486. The SMILES string of the molecule is CCc1ccc(-n2c(C(CC)N(Cc3ccco3)C(=O)c3cccc(F)c3)nc3ccccc3c2=O)cc1. The number of amides is 1. The summed E-state index contributed by atoms with van der Waals surface area (Å²) in [7, 11) is 0. The summed E-state index contributed by atoms with van der Waals surface area (Å²) >= 11 is 0. The van der Waals surface area contributed by atoms with Gasteiger partial charge in [-0.25, -0.2) is 9.37 Å². The predicted octanol–water partition coefficient (Wildman–Crippen LogP) is 6.47. The fourth-order valence-corrected chi connectivity index (χ4v) is 4.73. The standard InChI is InChI=1S/C31H28FN3O3/c1-3-21-14-16-24(17-15-21)35-29(33-27-13-6-5-12-26(27)31(35)37)28(4-2)34(20-25-11-8-18-38-25)30(36)22-9-7-10-23(32)19-22/h5-19,28H,3-4,20H2,1-2H3. The third-order valence-corrected chi connectivity index (χ3v) is 6.70. The maximum Gasteiger partial charge on any atom is 0.266 e. The Labute approximate surface area is 220 Å². The molecule has 192 valence electrons. The van der Waals surface area contributed by atoms with Crippen LogP contribution in [-0.4, -0.2) is 20.4 Å². The molecule has 0 saturated heterocycles. The van der Waals surface area contributed by atoms with Gasteiger partial charge in [0.05, 0.1) is 35.4 Å². The highest BCUT2D eigenvalue weighted by molar-refractivity contribution is 5.94. The van der Waals surface area contributed by atoms with Crippen LogP contribution in [0.4, 0.5) is 4.39 Å². The summed E-state index contributed by atoms with van der Waals surface area (Å²) in [6.45, 7) is 4.13. The van der Waals surface area contributed by atoms with Gasteiger partial charge in [-0.05, 0) is 73.0 Å². The van der Waals surface area contributed by atoms with Gasteiger partial charge in [-0.3, -0.25) is 14.2 Å². The molecule has 1 unspecified atom stereocenters. The molecular formula is C31H28FN3O3. The highest BCUT2D eigenvalue weighted by Gasteiger charge is 2.30. The Morgan fingerprint density at radius 1 is 1.00 bits per heavy atom. The highest BCUT2D eigenvalue weighted by Crippen LogP contribution is 2.29. The minimum absolute atomic E-state index is 0.123. The van der Waals surface area contributed by atoms with Crippen LogP contribution in [0.15, 0.2) is 100 Å². The van der Waals surface area contributed by atoms with E-state index in [1.54, 1.807) is 46.1 Å². The van der Waals surface area contributed by atoms with E-state index in [0.717, 1.165) is 12.0 Å². The van der Waals surface area contributed by atoms with Crippen LogP contribution >= 0.6 is 0 Å². The normalized spacial score (nSPS) is 12.0. The molecule has 2 heterocycles. The zero-order valence-corrected chi connectivity index (χ0v) is 21.3. The Balaban J connectivity index is 1.72. The number of nitrogens with zero attached hydrogens (tertiary/aromatic N) is 3. The second-order valence-corrected chi connectivity index (χ2v) is 9.09. The molecule has 5 aromatic rings. The van der Waals surface area contributed by atoms with E-state index < -0.39 is 11.9 Å². The molecular weight excluding hydrogens is 481 g/mol. The Morgan fingerprint density at radius 3 is 2.47 bits per heavy atom. The fraction of sp³-hybridized carbons (Fsp3) is 0.194. The number of hydrogen-bond donors (Lipinski definition) is 0. The van der Waals surface area contributed by atoms with Gasteiger partial charge in [-0.2, -0.15) is 0 Å². The molecule has 0 N–H and O–H groups in total. The van der Waals surface area contributed by atoms with Gasteiger partial charge < -0.3 is 9.32 Å². The van der Waals surface area contributed by atoms with E-state index in [9.17, 15) is 14.0 Å². The lowest BCUT2D eigenvalue weighted by Crippen LogP contribution is -2.38. The van der Waals surface area contributed by atoms with Crippen molar-refractivity contribution in [3.05, 3.63) is 130 Å². The molecule has 0 radical (unpaired) electrons. The van der Waals surface area contributed by atoms with E-state index in [0.29, 0.717) is 34.6 Å². The number of benzene rings is 3. The average Bonchev–Trinajstić information content (AvgIpc) is 3.46. The first-order chi connectivity index (χ1) is 18.5. The average molecular weight is 510 g/mol. The minimum Gasteiger partial charge on any atom is -0.467 e. The molecule has 7 heteroatoms. The summed E-state index contributed by atoms with van der Waals surface area (Å²) in [6, 6.07) is 23.5. The molecule has 0 spiro atoms. The lowest BCUT2D eigenvalue weighted by atomic mass is 10.1. The number of fused-ring (bicyclic) bond motifs is 1. The molecule has 1 atom stereocenters. The smallest absolute Gasteiger partial charge is 0.266 e. The van der Waals surface area contributed by atoms with E-state index in [1.165, 1.54) is 18.2 Å². The van der Waals surface area contributed by atoms with Crippen molar-refractivity contribution in [2.75, 3.05) is 0 Å². The molecule has 0 bridgehead atoms. The van der Waals surface area contributed by atoms with Gasteiger partial charge in [-0.15, -0.1) is 0 Å². The van der Waals surface area contributed by atoms with Crippen molar-refractivity contribution in [2.45, 2.75) is 39.3 Å². The van der Waals surface area contributed by atoms with Crippen molar-refractivity contribution < 1.29 is 13.6 Å². The van der Waals surface area contributed by atoms with Crippen LogP contribution < -0.4 is 5.56 Å². The monoisotopic (exact) mass is 509 g/mol. The van der Waals surface area contributed by atoms with Gasteiger partial charge in [-0.1, -0.05) is 44.2 Å². The molecule has 2 aromatic heterocycles. The topological polar surface area (TPSA) is 68.3 Å². The van der Waals surface area contributed by atoms with Crippen molar-refractivity contribution in [1.82, 2.24) is 14.5 Å². The number of rotatable bonds is 8. The molecule has 0 saturated carbocycles. The van der Waals surface area contributed by atoms with Gasteiger partial charge in [0.2, 0.25) is 0 Å². The lowest BCUT2D eigenvalue weighted by Gasteiger charge is -2.32. The zero-order chi connectivity index (χ0) is 26.6. The molecule has 6 nitrogen and oxygen atoms in total. The minimum atomic E-state index is -0.612. The third kappa shape index (κ3) is 4.87. The van der Waals surface area contributed by atoms with E-state index in [-0.39, 0.29) is 23.6 Å². The van der Waals surface area contributed by atoms with Crippen LogP contribution in [0.3, 0.4) is 0 Å². The lowest BCUT2D eigenvalue weighted by molar-refractivity contribution is 0.0623. The summed E-state index contributed by atoms with van der Waals surface area (Å²) in [4.78, 5) is 34.3. The van der Waals surface area contributed by atoms with Crippen molar-refractivity contribution in [2.24, 2.45) is 0 Å². The van der Waals surface area contributed by atoms with Crippen molar-refractivity contribution in [1.29, 1.82) is 0 Å². The Hall–Kier alpha value is -4.52. The fourth-order valence-electron chi connectivity index (χ4n) is 4.73. The Morgan fingerprint density at radius 2 is 1.79 bits per heavy atom. The maximum absolute atomic E-state index is 14.1. The van der Waals surface area contributed by atoms with Crippen LogP contribution in [0, 0.1) is 5.82 Å².